The number of alkyl halides is 10. The van der Waals surface area contributed by atoms with E-state index in [1.54, 1.807) is 0 Å². The van der Waals surface area contributed by atoms with Crippen LogP contribution >= 0.6 is 0 Å². The Labute approximate surface area is 132 Å². The molecule has 3 unspecified atom stereocenters. The van der Waals surface area contributed by atoms with E-state index in [1.165, 1.54) is 0 Å². The van der Waals surface area contributed by atoms with Crippen LogP contribution in [0, 0.1) is 0 Å². The quantitative estimate of drug-likeness (QED) is 0.483. The van der Waals surface area contributed by atoms with Gasteiger partial charge in [-0.3, -0.25) is 0 Å². The molecule has 0 spiro atoms. The van der Waals surface area contributed by atoms with Gasteiger partial charge in [-0.1, -0.05) is 13.8 Å². The minimum atomic E-state index is -6.43. The van der Waals surface area contributed by atoms with E-state index in [1.807, 2.05) is 0 Å². The molecule has 0 heterocycles. The molecule has 0 aliphatic heterocycles. The summed E-state index contributed by atoms with van der Waals surface area (Å²) in [4.78, 5) is 0. The lowest BCUT2D eigenvalue weighted by Crippen LogP contribution is -2.68. The Morgan fingerprint density at radius 3 is 1.38 bits per heavy atom. The number of rotatable bonds is 7. The normalized spacial score (nSPS) is 21.8. The molecule has 3 atom stereocenters. The number of hydrogen-bond acceptors (Lipinski definition) is 1. The van der Waals surface area contributed by atoms with Gasteiger partial charge in [-0.2, -0.15) is 35.1 Å². The van der Waals surface area contributed by atoms with Crippen LogP contribution in [0.2, 0.25) is 0 Å². The van der Waals surface area contributed by atoms with Gasteiger partial charge in [0, 0.05) is 0 Å². The fourth-order valence-electron chi connectivity index (χ4n) is 2.04. The number of hydrogen-bond donors (Lipinski definition) is 0. The molecule has 24 heavy (non-hydrogen) atoms. The lowest BCUT2D eigenvalue weighted by atomic mass is 9.83. The first-order chi connectivity index (χ1) is 10.3. The van der Waals surface area contributed by atoms with Crippen LogP contribution in [-0.2, 0) is 4.74 Å². The zero-order valence-corrected chi connectivity index (χ0v) is 13.3. The van der Waals surface area contributed by atoms with Crippen molar-refractivity contribution in [1.82, 2.24) is 0 Å². The molecule has 0 bridgehead atoms. The summed E-state index contributed by atoms with van der Waals surface area (Å²) in [5.74, 6) is 0. The predicted octanol–water partition coefficient (Wildman–Crippen LogP) is 6.13. The summed E-state index contributed by atoms with van der Waals surface area (Å²) in [6.45, 7) is 2.02. The molecule has 0 amide bonds. The van der Waals surface area contributed by atoms with Crippen LogP contribution in [-0.4, -0.2) is 35.4 Å². The maximum atomic E-state index is 14.3. The van der Waals surface area contributed by atoms with E-state index in [9.17, 15) is 43.9 Å². The molecule has 0 aromatic carbocycles. The third-order valence-corrected chi connectivity index (χ3v) is 3.87. The molecule has 0 aliphatic rings. The molecule has 0 aromatic rings. The van der Waals surface area contributed by atoms with E-state index in [0.717, 1.165) is 6.92 Å². The van der Waals surface area contributed by atoms with Gasteiger partial charge in [-0.05, 0) is 26.7 Å². The molecule has 0 aliphatic carbocycles. The highest BCUT2D eigenvalue weighted by Crippen LogP contribution is 2.56. The highest BCUT2D eigenvalue weighted by molar-refractivity contribution is 5.09. The van der Waals surface area contributed by atoms with Crippen molar-refractivity contribution in [2.75, 3.05) is 0 Å². The second kappa shape index (κ2) is 6.53. The maximum absolute atomic E-state index is 14.3. The molecule has 0 radical (unpaired) electrons. The summed E-state index contributed by atoms with van der Waals surface area (Å²) in [6.07, 6.45) is -21.6. The van der Waals surface area contributed by atoms with Gasteiger partial charge in [0.15, 0.2) is 5.67 Å². The van der Waals surface area contributed by atoms with E-state index in [4.69, 9.17) is 0 Å². The highest BCUT2D eigenvalue weighted by Gasteiger charge is 2.81. The first-order valence-corrected chi connectivity index (χ1v) is 6.88. The molecule has 11 heteroatoms. The lowest BCUT2D eigenvalue weighted by molar-refractivity contribution is -0.432. The monoisotopic (exact) mass is 380 g/mol. The highest BCUT2D eigenvalue weighted by atomic mass is 19.4. The van der Waals surface area contributed by atoms with Crippen molar-refractivity contribution < 1.29 is 48.6 Å². The van der Waals surface area contributed by atoms with Gasteiger partial charge in [-0.25, -0.2) is 8.78 Å². The van der Waals surface area contributed by atoms with Crippen LogP contribution in [0.15, 0.2) is 0 Å². The fraction of sp³-hybridized carbons (Fsp3) is 1.00. The second-order valence-corrected chi connectivity index (χ2v) is 5.92. The van der Waals surface area contributed by atoms with Crippen LogP contribution in [0.4, 0.5) is 43.9 Å². The van der Waals surface area contributed by atoms with Crippen molar-refractivity contribution in [1.29, 1.82) is 0 Å². The van der Waals surface area contributed by atoms with Gasteiger partial charge in [0.25, 0.3) is 0 Å². The van der Waals surface area contributed by atoms with Crippen molar-refractivity contribution in [2.45, 2.75) is 82.4 Å². The van der Waals surface area contributed by atoms with Crippen LogP contribution in [0.1, 0.15) is 47.0 Å². The lowest BCUT2D eigenvalue weighted by Gasteiger charge is -2.44. The molecule has 0 aromatic heterocycles. The third kappa shape index (κ3) is 4.45. The zero-order valence-electron chi connectivity index (χ0n) is 13.3. The Morgan fingerprint density at radius 2 is 1.12 bits per heavy atom. The number of halogens is 10. The van der Waals surface area contributed by atoms with Crippen molar-refractivity contribution in [3.8, 4) is 0 Å². The average Bonchev–Trinajstić information content (AvgIpc) is 2.32. The topological polar surface area (TPSA) is 9.23 Å². The molecular weight excluding hydrogens is 362 g/mol. The minimum absolute atomic E-state index is 0.0508. The standard InChI is InChI=1S/C13H18F10O/c1-5-8(3,7-10(15,16)17)24-13(22,23)11(18,12(19,20)21)9(4,14)6-2/h5-7H2,1-4H3. The predicted molar refractivity (Wildman–Crippen MR) is 65.1 cm³/mol. The molecular formula is C13H18F10O. The van der Waals surface area contributed by atoms with Gasteiger partial charge >= 0.3 is 24.1 Å². The van der Waals surface area contributed by atoms with Crippen LogP contribution in [0.5, 0.6) is 0 Å². The zero-order chi connectivity index (χ0) is 19.8. The Bertz CT molecular complexity index is 427. The van der Waals surface area contributed by atoms with Gasteiger partial charge in [0.2, 0.25) is 0 Å². The van der Waals surface area contributed by atoms with Crippen molar-refractivity contribution in [2.24, 2.45) is 0 Å². The molecule has 0 saturated heterocycles. The van der Waals surface area contributed by atoms with Gasteiger partial charge in [0.05, 0.1) is 12.0 Å². The van der Waals surface area contributed by atoms with E-state index in [2.05, 4.69) is 4.74 Å². The van der Waals surface area contributed by atoms with Crippen LogP contribution < -0.4 is 0 Å². The van der Waals surface area contributed by atoms with Gasteiger partial charge in [0.1, 0.15) is 0 Å². The summed E-state index contributed by atoms with van der Waals surface area (Å²) in [6, 6.07) is 0. The SMILES string of the molecule is CCC(C)(CC(F)(F)F)OC(F)(F)C(F)(C(F)(F)F)C(C)(F)CC. The van der Waals surface area contributed by atoms with Crippen LogP contribution in [0.25, 0.3) is 0 Å². The summed E-state index contributed by atoms with van der Waals surface area (Å²) in [5, 5.41) is 0. The summed E-state index contributed by atoms with van der Waals surface area (Å²) in [7, 11) is 0. The third-order valence-electron chi connectivity index (χ3n) is 3.87. The average molecular weight is 380 g/mol. The molecule has 0 fully saturated rings. The molecule has 0 N–H and O–H groups in total. The summed E-state index contributed by atoms with van der Waals surface area (Å²) < 4.78 is 136. The van der Waals surface area contributed by atoms with E-state index >= 15 is 0 Å². The molecule has 0 rings (SSSR count). The van der Waals surface area contributed by atoms with E-state index in [0.29, 0.717) is 13.8 Å². The molecule has 0 saturated carbocycles. The fourth-order valence-corrected chi connectivity index (χ4v) is 2.04. The largest absolute Gasteiger partial charge is 0.434 e. The maximum Gasteiger partial charge on any atom is 0.434 e. The molecule has 1 nitrogen and oxygen atoms in total. The van der Waals surface area contributed by atoms with Crippen molar-refractivity contribution >= 4 is 0 Å². The van der Waals surface area contributed by atoms with Crippen molar-refractivity contribution in [3.05, 3.63) is 0 Å². The summed E-state index contributed by atoms with van der Waals surface area (Å²) in [5.41, 5.74) is -12.8. The van der Waals surface area contributed by atoms with E-state index in [-0.39, 0.29) is 6.92 Å². The Balaban J connectivity index is 6.05. The van der Waals surface area contributed by atoms with Gasteiger partial charge in [-0.15, -0.1) is 0 Å². The summed E-state index contributed by atoms with van der Waals surface area (Å²) >= 11 is 0. The smallest absolute Gasteiger partial charge is 0.311 e. The first-order valence-electron chi connectivity index (χ1n) is 6.88. The Morgan fingerprint density at radius 1 is 0.708 bits per heavy atom. The van der Waals surface area contributed by atoms with E-state index < -0.39 is 54.7 Å². The van der Waals surface area contributed by atoms with Crippen molar-refractivity contribution in [3.63, 3.8) is 0 Å². The van der Waals surface area contributed by atoms with Crippen LogP contribution in [0.3, 0.4) is 0 Å². The second-order valence-electron chi connectivity index (χ2n) is 5.92. The Hall–Kier alpha value is -0.740. The minimum Gasteiger partial charge on any atom is -0.311 e. The number of ether oxygens (including phenoxy) is 1. The van der Waals surface area contributed by atoms with Gasteiger partial charge < -0.3 is 4.74 Å². The Kier molecular flexibility index (Phi) is 6.33. The molecule has 146 valence electrons. The first kappa shape index (κ1) is 23.3.